The van der Waals surface area contributed by atoms with E-state index in [1.54, 1.807) is 12.1 Å². The standard InChI is InChI=1S/C25H24F3N3O3/c1-3-16(2)17-9-11-19(12-10-17)30-22(32)15-34-24(33)21-8-5-13-29-23(21)31-20-7-4-6-18(14-20)25(26,27)28/h4-14,16H,3,15H2,1-2H3,(H,29,31)(H,30,32). The van der Waals surface area contributed by atoms with Gasteiger partial charge in [-0.1, -0.05) is 32.0 Å². The van der Waals surface area contributed by atoms with Crippen molar-refractivity contribution >= 4 is 29.1 Å². The van der Waals surface area contributed by atoms with Crippen molar-refractivity contribution in [3.8, 4) is 0 Å². The summed E-state index contributed by atoms with van der Waals surface area (Å²) in [4.78, 5) is 28.8. The van der Waals surface area contributed by atoms with Gasteiger partial charge >= 0.3 is 12.1 Å². The largest absolute Gasteiger partial charge is 0.452 e. The van der Waals surface area contributed by atoms with Gasteiger partial charge in [-0.25, -0.2) is 9.78 Å². The Morgan fingerprint density at radius 3 is 2.44 bits per heavy atom. The maximum atomic E-state index is 13.0. The molecular formula is C25H24F3N3O3. The molecule has 1 amide bonds. The summed E-state index contributed by atoms with van der Waals surface area (Å²) in [6.45, 7) is 3.67. The van der Waals surface area contributed by atoms with Gasteiger partial charge in [0.2, 0.25) is 0 Å². The minimum Gasteiger partial charge on any atom is -0.452 e. The molecule has 0 aliphatic heterocycles. The number of anilines is 3. The van der Waals surface area contributed by atoms with Gasteiger partial charge in [-0.2, -0.15) is 13.2 Å². The number of alkyl halides is 3. The number of rotatable bonds is 8. The molecule has 6 nitrogen and oxygen atoms in total. The van der Waals surface area contributed by atoms with E-state index in [1.807, 2.05) is 12.1 Å². The van der Waals surface area contributed by atoms with Crippen LogP contribution < -0.4 is 10.6 Å². The number of aromatic nitrogens is 1. The summed E-state index contributed by atoms with van der Waals surface area (Å²) < 4.78 is 44.0. The Labute approximate surface area is 195 Å². The quantitative estimate of drug-likeness (QED) is 0.385. The highest BCUT2D eigenvalue weighted by atomic mass is 19.4. The molecule has 2 aromatic carbocycles. The summed E-state index contributed by atoms with van der Waals surface area (Å²) in [6, 6.07) is 14.8. The van der Waals surface area contributed by atoms with E-state index in [-0.39, 0.29) is 17.1 Å². The first-order valence-electron chi connectivity index (χ1n) is 10.6. The monoisotopic (exact) mass is 471 g/mol. The Bertz CT molecular complexity index is 1150. The molecule has 0 saturated carbocycles. The summed E-state index contributed by atoms with van der Waals surface area (Å²) in [6.07, 6.45) is -2.13. The molecule has 0 aliphatic rings. The molecule has 1 heterocycles. The molecule has 3 rings (SSSR count). The van der Waals surface area contributed by atoms with Crippen LogP contribution in [0.5, 0.6) is 0 Å². The van der Waals surface area contributed by atoms with Crippen LogP contribution in [-0.2, 0) is 15.7 Å². The predicted octanol–water partition coefficient (Wildman–Crippen LogP) is 6.15. The molecule has 0 bridgehead atoms. The lowest BCUT2D eigenvalue weighted by molar-refractivity contribution is -0.137. The van der Waals surface area contributed by atoms with Gasteiger partial charge < -0.3 is 15.4 Å². The fraction of sp³-hybridized carbons (Fsp3) is 0.240. The summed E-state index contributed by atoms with van der Waals surface area (Å²) in [7, 11) is 0. The molecule has 1 unspecified atom stereocenters. The minimum atomic E-state index is -4.51. The van der Waals surface area contributed by atoms with E-state index in [0.717, 1.165) is 24.1 Å². The Balaban J connectivity index is 1.62. The zero-order chi connectivity index (χ0) is 24.7. The van der Waals surface area contributed by atoms with Gasteiger partial charge in [0.05, 0.1) is 5.56 Å². The highest BCUT2D eigenvalue weighted by Gasteiger charge is 2.30. The Morgan fingerprint density at radius 2 is 1.76 bits per heavy atom. The van der Waals surface area contributed by atoms with Crippen molar-refractivity contribution < 1.29 is 27.5 Å². The van der Waals surface area contributed by atoms with Crippen LogP contribution in [0.25, 0.3) is 0 Å². The highest BCUT2D eigenvalue weighted by Crippen LogP contribution is 2.31. The van der Waals surface area contributed by atoms with Crippen molar-refractivity contribution in [1.29, 1.82) is 0 Å². The van der Waals surface area contributed by atoms with Crippen molar-refractivity contribution in [2.45, 2.75) is 32.4 Å². The second kappa shape index (κ2) is 10.8. The van der Waals surface area contributed by atoms with E-state index < -0.39 is 30.2 Å². The van der Waals surface area contributed by atoms with E-state index >= 15 is 0 Å². The average molecular weight is 471 g/mol. The van der Waals surface area contributed by atoms with Crippen LogP contribution in [0.2, 0.25) is 0 Å². The van der Waals surface area contributed by atoms with Crippen LogP contribution in [0.1, 0.15) is 47.7 Å². The van der Waals surface area contributed by atoms with Crippen molar-refractivity contribution in [3.63, 3.8) is 0 Å². The molecule has 0 aliphatic carbocycles. The average Bonchev–Trinajstić information content (AvgIpc) is 2.82. The maximum absolute atomic E-state index is 13.0. The third kappa shape index (κ3) is 6.57. The molecule has 34 heavy (non-hydrogen) atoms. The molecule has 0 radical (unpaired) electrons. The SMILES string of the molecule is CCC(C)c1ccc(NC(=O)COC(=O)c2cccnc2Nc2cccc(C(F)(F)F)c2)cc1. The predicted molar refractivity (Wildman–Crippen MR) is 123 cm³/mol. The number of benzene rings is 2. The van der Waals surface area contributed by atoms with Gasteiger partial charge in [-0.15, -0.1) is 0 Å². The van der Waals surface area contributed by atoms with Crippen LogP contribution in [-0.4, -0.2) is 23.5 Å². The number of nitrogens with one attached hydrogen (secondary N) is 2. The van der Waals surface area contributed by atoms with E-state index in [2.05, 4.69) is 29.5 Å². The number of halogens is 3. The van der Waals surface area contributed by atoms with Crippen molar-refractivity contribution in [1.82, 2.24) is 4.98 Å². The van der Waals surface area contributed by atoms with Crippen LogP contribution in [0.3, 0.4) is 0 Å². The molecule has 178 valence electrons. The number of carbonyl (C=O) groups is 2. The van der Waals surface area contributed by atoms with Crippen molar-refractivity contribution in [2.75, 3.05) is 17.2 Å². The molecule has 0 spiro atoms. The number of amides is 1. The normalized spacial score (nSPS) is 12.0. The van der Waals surface area contributed by atoms with Crippen LogP contribution in [0.15, 0.2) is 66.9 Å². The minimum absolute atomic E-state index is 0.00728. The second-order valence-corrected chi connectivity index (χ2v) is 7.66. The molecule has 0 fully saturated rings. The smallest absolute Gasteiger partial charge is 0.416 e. The zero-order valence-corrected chi connectivity index (χ0v) is 18.6. The topological polar surface area (TPSA) is 80.3 Å². The molecule has 0 saturated heterocycles. The fourth-order valence-corrected chi connectivity index (χ4v) is 3.12. The highest BCUT2D eigenvalue weighted by molar-refractivity contribution is 5.98. The number of hydrogen-bond donors (Lipinski definition) is 2. The van der Waals surface area contributed by atoms with Crippen molar-refractivity contribution in [2.24, 2.45) is 0 Å². The van der Waals surface area contributed by atoms with E-state index in [9.17, 15) is 22.8 Å². The van der Waals surface area contributed by atoms with Gasteiger partial charge in [-0.3, -0.25) is 4.79 Å². The van der Waals surface area contributed by atoms with Gasteiger partial charge in [0.25, 0.3) is 5.91 Å². The summed E-state index contributed by atoms with van der Waals surface area (Å²) in [5.41, 5.74) is 0.962. The molecule has 1 aromatic heterocycles. The summed E-state index contributed by atoms with van der Waals surface area (Å²) in [5.74, 6) is -0.956. The summed E-state index contributed by atoms with van der Waals surface area (Å²) in [5, 5.41) is 5.35. The first-order chi connectivity index (χ1) is 16.2. The number of nitrogens with zero attached hydrogens (tertiary/aromatic N) is 1. The first kappa shape index (κ1) is 24.8. The number of carbonyl (C=O) groups excluding carboxylic acids is 2. The summed E-state index contributed by atoms with van der Waals surface area (Å²) >= 11 is 0. The number of esters is 1. The van der Waals surface area contributed by atoms with Gasteiger partial charge in [0.1, 0.15) is 11.4 Å². The molecule has 3 aromatic rings. The maximum Gasteiger partial charge on any atom is 0.416 e. The zero-order valence-electron chi connectivity index (χ0n) is 18.6. The Morgan fingerprint density at radius 1 is 1.03 bits per heavy atom. The van der Waals surface area contributed by atoms with E-state index in [1.165, 1.54) is 30.5 Å². The lowest BCUT2D eigenvalue weighted by atomic mass is 9.99. The number of hydrogen-bond acceptors (Lipinski definition) is 5. The fourth-order valence-electron chi connectivity index (χ4n) is 3.12. The molecule has 2 N–H and O–H groups in total. The number of ether oxygens (including phenoxy) is 1. The van der Waals surface area contributed by atoms with Crippen molar-refractivity contribution in [3.05, 3.63) is 83.6 Å². The molecule has 9 heteroatoms. The second-order valence-electron chi connectivity index (χ2n) is 7.66. The van der Waals surface area contributed by atoms with Gasteiger partial charge in [-0.05, 0) is 60.4 Å². The van der Waals surface area contributed by atoms with E-state index in [4.69, 9.17) is 4.74 Å². The molecule has 1 atom stereocenters. The first-order valence-corrected chi connectivity index (χ1v) is 10.6. The van der Waals surface area contributed by atoms with Crippen LogP contribution in [0, 0.1) is 0 Å². The Kier molecular flexibility index (Phi) is 7.88. The Hall–Kier alpha value is -3.88. The van der Waals surface area contributed by atoms with Gasteiger partial charge in [0.15, 0.2) is 6.61 Å². The lowest BCUT2D eigenvalue weighted by Crippen LogP contribution is -2.21. The van der Waals surface area contributed by atoms with Gasteiger partial charge in [0, 0.05) is 17.6 Å². The third-order valence-electron chi connectivity index (χ3n) is 5.19. The van der Waals surface area contributed by atoms with Crippen LogP contribution in [0.4, 0.5) is 30.4 Å². The third-order valence-corrected chi connectivity index (χ3v) is 5.19. The lowest BCUT2D eigenvalue weighted by Gasteiger charge is -2.13. The number of pyridine rings is 1. The molecular weight excluding hydrogens is 447 g/mol. The van der Waals surface area contributed by atoms with E-state index in [0.29, 0.717) is 11.6 Å². The van der Waals surface area contributed by atoms with Crippen LogP contribution >= 0.6 is 0 Å².